The highest BCUT2D eigenvalue weighted by Crippen LogP contribution is 2.38. The summed E-state index contributed by atoms with van der Waals surface area (Å²) in [6, 6.07) is 10.5. The molecule has 0 fully saturated rings. The average Bonchev–Trinajstić information content (AvgIpc) is 2.49. The van der Waals surface area contributed by atoms with Gasteiger partial charge in [0.2, 0.25) is 0 Å². The lowest BCUT2D eigenvalue weighted by molar-refractivity contribution is 0.671. The molecule has 1 aliphatic carbocycles. The van der Waals surface area contributed by atoms with Crippen molar-refractivity contribution in [3.63, 3.8) is 0 Å². The zero-order valence-electron chi connectivity index (χ0n) is 10.9. The Hall–Kier alpha value is -1.12. The highest BCUT2D eigenvalue weighted by Gasteiger charge is 2.18. The van der Waals surface area contributed by atoms with Gasteiger partial charge in [0.25, 0.3) is 0 Å². The molecular formula is C17H13BrClN. The topological polar surface area (TPSA) is 12.9 Å². The first-order valence-electron chi connectivity index (χ1n) is 6.94. The zero-order valence-corrected chi connectivity index (χ0v) is 13.3. The molecule has 0 unspecified atom stereocenters. The Morgan fingerprint density at radius 1 is 1.00 bits per heavy atom. The number of hydrogen-bond donors (Lipinski definition) is 0. The molecule has 0 saturated carbocycles. The van der Waals surface area contributed by atoms with Crippen molar-refractivity contribution in [1.82, 2.24) is 4.98 Å². The smallest absolute Gasteiger partial charge is 0.0799 e. The van der Waals surface area contributed by atoms with Crippen LogP contribution in [0.15, 0.2) is 34.8 Å². The van der Waals surface area contributed by atoms with Crippen LogP contribution >= 0.6 is 27.5 Å². The normalized spacial score (nSPS) is 14.7. The summed E-state index contributed by atoms with van der Waals surface area (Å²) in [5.74, 6) is 0. The van der Waals surface area contributed by atoms with Gasteiger partial charge in [-0.2, -0.15) is 0 Å². The molecule has 3 heteroatoms. The maximum absolute atomic E-state index is 6.67. The van der Waals surface area contributed by atoms with E-state index < -0.39 is 0 Å². The fraction of sp³-hybridized carbons (Fsp3) is 0.235. The van der Waals surface area contributed by atoms with Gasteiger partial charge in [-0.3, -0.25) is 4.98 Å². The molecule has 0 amide bonds. The quantitative estimate of drug-likeness (QED) is 0.477. The number of halogens is 2. The minimum Gasteiger partial charge on any atom is -0.252 e. The van der Waals surface area contributed by atoms with Crippen molar-refractivity contribution in [1.29, 1.82) is 0 Å². The molecular weight excluding hydrogens is 334 g/mol. The van der Waals surface area contributed by atoms with Crippen LogP contribution in [0.1, 0.15) is 24.1 Å². The molecule has 1 aliphatic rings. The Labute approximate surface area is 131 Å². The lowest BCUT2D eigenvalue weighted by Gasteiger charge is -2.18. The molecule has 20 heavy (non-hydrogen) atoms. The predicted molar refractivity (Wildman–Crippen MR) is 88.6 cm³/mol. The molecule has 100 valence electrons. The summed E-state index contributed by atoms with van der Waals surface area (Å²) in [5, 5.41) is 4.33. The molecule has 4 rings (SSSR count). The monoisotopic (exact) mass is 345 g/mol. The first-order valence-corrected chi connectivity index (χ1v) is 8.11. The Balaban J connectivity index is 2.20. The molecule has 2 aromatic carbocycles. The second kappa shape index (κ2) is 4.71. The lowest BCUT2D eigenvalue weighted by atomic mass is 9.93. The highest BCUT2D eigenvalue weighted by atomic mass is 79.9. The maximum atomic E-state index is 6.67. The Morgan fingerprint density at radius 3 is 2.60 bits per heavy atom. The summed E-state index contributed by atoms with van der Waals surface area (Å²) in [7, 11) is 0. The third kappa shape index (κ3) is 1.78. The number of pyridine rings is 1. The predicted octanol–water partition coefficient (Wildman–Crippen LogP) is 5.68. The number of fused-ring (bicyclic) bond motifs is 4. The first-order chi connectivity index (χ1) is 9.75. The number of aromatic nitrogens is 1. The highest BCUT2D eigenvalue weighted by molar-refractivity contribution is 9.10. The van der Waals surface area contributed by atoms with E-state index in [-0.39, 0.29) is 0 Å². The van der Waals surface area contributed by atoms with Crippen molar-refractivity contribution in [2.75, 3.05) is 0 Å². The first kappa shape index (κ1) is 12.6. The molecule has 1 nitrogen and oxygen atoms in total. The van der Waals surface area contributed by atoms with Gasteiger partial charge in [0, 0.05) is 20.9 Å². The van der Waals surface area contributed by atoms with E-state index >= 15 is 0 Å². The molecule has 0 radical (unpaired) electrons. The number of rotatable bonds is 0. The van der Waals surface area contributed by atoms with E-state index in [4.69, 9.17) is 16.6 Å². The Kier molecular flexibility index (Phi) is 2.97. The molecule has 0 aliphatic heterocycles. The van der Waals surface area contributed by atoms with Gasteiger partial charge >= 0.3 is 0 Å². The van der Waals surface area contributed by atoms with E-state index in [1.807, 2.05) is 0 Å². The van der Waals surface area contributed by atoms with Crippen LogP contribution in [0.2, 0.25) is 5.02 Å². The molecule has 0 atom stereocenters. The molecule has 1 aromatic heterocycles. The standard InChI is InChI=1S/C17H13BrClN/c18-14-9-13-16(19)12-7-3-4-8-15(12)20-17(13)11-6-2-1-5-10(11)14/h1-2,5-6,9H,3-4,7-8H2. The molecule has 0 bridgehead atoms. The van der Waals surface area contributed by atoms with E-state index in [1.54, 1.807) is 0 Å². The third-order valence-electron chi connectivity index (χ3n) is 4.15. The molecule has 0 N–H and O–H groups in total. The van der Waals surface area contributed by atoms with Crippen LogP contribution < -0.4 is 0 Å². The Bertz CT molecular complexity index is 841. The zero-order chi connectivity index (χ0) is 13.7. The van der Waals surface area contributed by atoms with Crippen LogP contribution in [0.5, 0.6) is 0 Å². The number of benzene rings is 2. The summed E-state index contributed by atoms with van der Waals surface area (Å²) >= 11 is 10.3. The van der Waals surface area contributed by atoms with Gasteiger partial charge in [-0.05, 0) is 42.7 Å². The van der Waals surface area contributed by atoms with Crippen LogP contribution in [0.3, 0.4) is 0 Å². The van der Waals surface area contributed by atoms with E-state index in [0.717, 1.165) is 33.2 Å². The average molecular weight is 347 g/mol. The molecule has 0 spiro atoms. The van der Waals surface area contributed by atoms with Crippen LogP contribution in [0.25, 0.3) is 21.7 Å². The van der Waals surface area contributed by atoms with Crippen LogP contribution in [0, 0.1) is 0 Å². The molecule has 1 heterocycles. The van der Waals surface area contributed by atoms with E-state index in [0.29, 0.717) is 0 Å². The largest absolute Gasteiger partial charge is 0.252 e. The summed E-state index contributed by atoms with van der Waals surface area (Å²) in [6.07, 6.45) is 4.54. The minimum absolute atomic E-state index is 0.899. The van der Waals surface area contributed by atoms with Crippen LogP contribution in [-0.4, -0.2) is 4.98 Å². The van der Waals surface area contributed by atoms with Crippen molar-refractivity contribution < 1.29 is 0 Å². The minimum atomic E-state index is 0.899. The second-order valence-electron chi connectivity index (χ2n) is 5.36. The van der Waals surface area contributed by atoms with Gasteiger partial charge in [0.05, 0.1) is 10.5 Å². The van der Waals surface area contributed by atoms with Gasteiger partial charge in [-0.25, -0.2) is 0 Å². The van der Waals surface area contributed by atoms with Crippen molar-refractivity contribution in [3.8, 4) is 0 Å². The van der Waals surface area contributed by atoms with Crippen molar-refractivity contribution in [2.24, 2.45) is 0 Å². The Morgan fingerprint density at radius 2 is 1.75 bits per heavy atom. The van der Waals surface area contributed by atoms with E-state index in [9.17, 15) is 0 Å². The van der Waals surface area contributed by atoms with Crippen LogP contribution in [-0.2, 0) is 12.8 Å². The number of aryl methyl sites for hydroxylation is 1. The van der Waals surface area contributed by atoms with Gasteiger partial charge in [0.15, 0.2) is 0 Å². The SMILES string of the molecule is Clc1c2c(nc3c1cc(Br)c1ccccc13)CCCC2. The van der Waals surface area contributed by atoms with Crippen molar-refractivity contribution >= 4 is 49.2 Å². The number of nitrogens with zero attached hydrogens (tertiary/aromatic N) is 1. The summed E-state index contributed by atoms with van der Waals surface area (Å²) in [5.41, 5.74) is 3.49. The maximum Gasteiger partial charge on any atom is 0.0799 e. The van der Waals surface area contributed by atoms with Gasteiger partial charge in [0.1, 0.15) is 0 Å². The molecule has 3 aromatic rings. The molecule has 0 saturated heterocycles. The van der Waals surface area contributed by atoms with Gasteiger partial charge < -0.3 is 0 Å². The summed E-state index contributed by atoms with van der Waals surface area (Å²) < 4.78 is 1.08. The summed E-state index contributed by atoms with van der Waals surface area (Å²) in [4.78, 5) is 4.94. The van der Waals surface area contributed by atoms with Crippen molar-refractivity contribution in [2.45, 2.75) is 25.7 Å². The fourth-order valence-corrected chi connectivity index (χ4v) is 4.07. The lowest BCUT2D eigenvalue weighted by Crippen LogP contribution is -2.06. The van der Waals surface area contributed by atoms with E-state index in [2.05, 4.69) is 46.3 Å². The van der Waals surface area contributed by atoms with E-state index in [1.165, 1.54) is 34.9 Å². The van der Waals surface area contributed by atoms with Gasteiger partial charge in [-0.1, -0.05) is 51.8 Å². The van der Waals surface area contributed by atoms with Crippen molar-refractivity contribution in [3.05, 3.63) is 51.1 Å². The second-order valence-corrected chi connectivity index (χ2v) is 6.59. The third-order valence-corrected chi connectivity index (χ3v) is 5.24. The summed E-state index contributed by atoms with van der Waals surface area (Å²) in [6.45, 7) is 0. The number of hydrogen-bond acceptors (Lipinski definition) is 1. The fourth-order valence-electron chi connectivity index (χ4n) is 3.15. The van der Waals surface area contributed by atoms with Gasteiger partial charge in [-0.15, -0.1) is 0 Å². The van der Waals surface area contributed by atoms with Crippen LogP contribution in [0.4, 0.5) is 0 Å².